The van der Waals surface area contributed by atoms with Gasteiger partial charge in [0.2, 0.25) is 0 Å². The second-order valence-corrected chi connectivity index (χ2v) is 3.12. The summed E-state index contributed by atoms with van der Waals surface area (Å²) in [6, 6.07) is 1.83. The van der Waals surface area contributed by atoms with E-state index in [0.717, 1.165) is 10.7 Å². The molecule has 4 heteroatoms. The highest BCUT2D eigenvalue weighted by Crippen LogP contribution is 2.05. The first-order chi connectivity index (χ1) is 5.79. The van der Waals surface area contributed by atoms with Gasteiger partial charge in [0, 0.05) is 29.3 Å². The van der Waals surface area contributed by atoms with Crippen molar-refractivity contribution < 1.29 is 0 Å². The average molecular weight is 178 g/mol. The fourth-order valence-electron chi connectivity index (χ4n) is 1.16. The Labute approximate surface area is 71.0 Å². The third-order valence-corrected chi connectivity index (χ3v) is 2.15. The number of hydrogen-bond donors (Lipinski definition) is 1. The Morgan fingerprint density at radius 2 is 2.25 bits per heavy atom. The van der Waals surface area contributed by atoms with Gasteiger partial charge in [0.15, 0.2) is 0 Å². The van der Waals surface area contributed by atoms with Crippen molar-refractivity contribution in [3.05, 3.63) is 35.0 Å². The second kappa shape index (κ2) is 2.68. The molecule has 0 radical (unpaired) electrons. The summed E-state index contributed by atoms with van der Waals surface area (Å²) < 4.78 is 0. The van der Waals surface area contributed by atoms with E-state index in [1.807, 2.05) is 6.07 Å². The van der Waals surface area contributed by atoms with Gasteiger partial charge in [-0.05, 0) is 6.07 Å². The van der Waals surface area contributed by atoms with E-state index in [2.05, 4.69) is 19.2 Å². The van der Waals surface area contributed by atoms with Crippen LogP contribution >= 0.6 is 9.24 Å². The van der Waals surface area contributed by atoms with Crippen LogP contribution in [0.4, 0.5) is 0 Å². The second-order valence-electron chi connectivity index (χ2n) is 2.50. The van der Waals surface area contributed by atoms with Crippen LogP contribution in [0, 0.1) is 0 Å². The molecule has 2 rings (SSSR count). The lowest BCUT2D eigenvalue weighted by molar-refractivity contribution is 1.27. The number of fused-ring (bicyclic) bond motifs is 1. The van der Waals surface area contributed by atoms with Gasteiger partial charge in [-0.15, -0.1) is 9.24 Å². The fourth-order valence-corrected chi connectivity index (χ4v) is 1.55. The van der Waals surface area contributed by atoms with Crippen molar-refractivity contribution in [2.24, 2.45) is 0 Å². The Balaban J connectivity index is 3.07. The summed E-state index contributed by atoms with van der Waals surface area (Å²) in [7, 11) is 2.50. The normalized spacial score (nSPS) is 10.4. The van der Waals surface area contributed by atoms with Crippen molar-refractivity contribution in [3.8, 4) is 0 Å². The van der Waals surface area contributed by atoms with Crippen molar-refractivity contribution in [2.75, 3.05) is 0 Å². The summed E-state index contributed by atoms with van der Waals surface area (Å²) in [4.78, 5) is 17.9. The van der Waals surface area contributed by atoms with Crippen LogP contribution < -0.4 is 10.9 Å². The average Bonchev–Trinajstić information content (AvgIpc) is 2.04. The molecule has 1 atom stereocenters. The minimum atomic E-state index is -0.0695. The maximum atomic E-state index is 11.3. The van der Waals surface area contributed by atoms with Crippen molar-refractivity contribution in [1.29, 1.82) is 0 Å². The van der Waals surface area contributed by atoms with Crippen LogP contribution in [0.15, 0.2) is 29.5 Å². The van der Waals surface area contributed by atoms with Gasteiger partial charge in [0.05, 0.1) is 5.39 Å². The van der Waals surface area contributed by atoms with Crippen molar-refractivity contribution in [2.45, 2.75) is 0 Å². The van der Waals surface area contributed by atoms with Crippen molar-refractivity contribution in [1.82, 2.24) is 9.97 Å². The molecule has 0 bridgehead atoms. The molecular formula is C8H7N2OP. The molecule has 0 fully saturated rings. The summed E-state index contributed by atoms with van der Waals surface area (Å²) >= 11 is 0. The summed E-state index contributed by atoms with van der Waals surface area (Å²) in [6.07, 6.45) is 4.96. The van der Waals surface area contributed by atoms with Crippen LogP contribution in [0.25, 0.3) is 10.8 Å². The predicted octanol–water partition coefficient (Wildman–Crippen LogP) is 0.423. The number of hydrogen-bond acceptors (Lipinski definition) is 2. The molecule has 0 spiro atoms. The molecule has 1 unspecified atom stereocenters. The number of rotatable bonds is 0. The van der Waals surface area contributed by atoms with Gasteiger partial charge in [-0.3, -0.25) is 9.78 Å². The van der Waals surface area contributed by atoms with Crippen LogP contribution in [0.3, 0.4) is 0 Å². The molecule has 0 saturated heterocycles. The number of H-pyrrole nitrogens is 1. The lowest BCUT2D eigenvalue weighted by atomic mass is 10.2. The third-order valence-electron chi connectivity index (χ3n) is 1.71. The van der Waals surface area contributed by atoms with Crippen molar-refractivity contribution in [3.63, 3.8) is 0 Å². The first-order valence-corrected chi connectivity index (χ1v) is 4.07. The van der Waals surface area contributed by atoms with Gasteiger partial charge in [-0.2, -0.15) is 0 Å². The van der Waals surface area contributed by atoms with Crippen LogP contribution in [0.5, 0.6) is 0 Å². The number of aromatic nitrogens is 2. The Kier molecular flexibility index (Phi) is 1.66. The zero-order valence-electron chi connectivity index (χ0n) is 6.24. The smallest absolute Gasteiger partial charge is 0.256 e. The van der Waals surface area contributed by atoms with E-state index in [0.29, 0.717) is 5.39 Å². The zero-order chi connectivity index (χ0) is 8.55. The molecule has 2 aromatic heterocycles. The van der Waals surface area contributed by atoms with Crippen LogP contribution in [-0.4, -0.2) is 9.97 Å². The quantitative estimate of drug-likeness (QED) is 0.594. The molecule has 0 aliphatic heterocycles. The van der Waals surface area contributed by atoms with Crippen LogP contribution in [-0.2, 0) is 0 Å². The summed E-state index contributed by atoms with van der Waals surface area (Å²) in [5, 5.41) is 2.39. The maximum absolute atomic E-state index is 11.3. The highest BCUT2D eigenvalue weighted by atomic mass is 31.0. The van der Waals surface area contributed by atoms with Crippen molar-refractivity contribution >= 4 is 25.3 Å². The van der Waals surface area contributed by atoms with Gasteiger partial charge in [-0.1, -0.05) is 0 Å². The monoisotopic (exact) mass is 178 g/mol. The summed E-state index contributed by atoms with van der Waals surface area (Å²) in [5.74, 6) is 0. The fraction of sp³-hybridized carbons (Fsp3) is 0. The molecule has 2 aromatic rings. The molecule has 60 valence electrons. The topological polar surface area (TPSA) is 45.8 Å². The third kappa shape index (κ3) is 1.03. The SMILES string of the molecule is O=c1[nH]ccc2cncc(P)c12. The Hall–Kier alpha value is -1.21. The van der Waals surface area contributed by atoms with E-state index >= 15 is 0 Å². The zero-order valence-corrected chi connectivity index (χ0v) is 7.40. The van der Waals surface area contributed by atoms with E-state index in [-0.39, 0.29) is 5.56 Å². The number of pyridine rings is 2. The molecule has 0 amide bonds. The summed E-state index contributed by atoms with van der Waals surface area (Å²) in [6.45, 7) is 0. The first-order valence-electron chi connectivity index (χ1n) is 3.50. The van der Waals surface area contributed by atoms with E-state index in [9.17, 15) is 4.79 Å². The van der Waals surface area contributed by atoms with Gasteiger partial charge in [0.25, 0.3) is 5.56 Å². The molecule has 12 heavy (non-hydrogen) atoms. The van der Waals surface area contributed by atoms with Gasteiger partial charge in [0.1, 0.15) is 0 Å². The predicted molar refractivity (Wildman–Crippen MR) is 51.7 cm³/mol. The Morgan fingerprint density at radius 3 is 3.00 bits per heavy atom. The number of nitrogens with zero attached hydrogens (tertiary/aromatic N) is 1. The minimum Gasteiger partial charge on any atom is -0.329 e. The van der Waals surface area contributed by atoms with E-state index < -0.39 is 0 Å². The van der Waals surface area contributed by atoms with E-state index in [1.165, 1.54) is 0 Å². The first kappa shape index (κ1) is 7.44. The molecule has 0 aromatic carbocycles. The molecule has 2 heterocycles. The summed E-state index contributed by atoms with van der Waals surface area (Å²) in [5.41, 5.74) is -0.0695. The van der Waals surface area contributed by atoms with Crippen LogP contribution in [0.2, 0.25) is 0 Å². The number of aromatic amines is 1. The maximum Gasteiger partial charge on any atom is 0.256 e. The molecule has 0 aliphatic carbocycles. The molecule has 1 N–H and O–H groups in total. The van der Waals surface area contributed by atoms with Crippen LogP contribution in [0.1, 0.15) is 0 Å². The minimum absolute atomic E-state index is 0.0695. The molecule has 0 saturated carbocycles. The van der Waals surface area contributed by atoms with Gasteiger partial charge in [-0.25, -0.2) is 0 Å². The highest BCUT2D eigenvalue weighted by molar-refractivity contribution is 7.28. The molecule has 0 aliphatic rings. The number of nitrogens with one attached hydrogen (secondary N) is 1. The molecule has 3 nitrogen and oxygen atoms in total. The van der Waals surface area contributed by atoms with E-state index in [4.69, 9.17) is 0 Å². The standard InChI is InChI=1S/C8H7N2OP/c11-8-7-5(1-2-10-8)3-9-4-6(7)12/h1-4H,12H2,(H,10,11). The van der Waals surface area contributed by atoms with Gasteiger partial charge < -0.3 is 4.98 Å². The Morgan fingerprint density at radius 1 is 1.42 bits per heavy atom. The van der Waals surface area contributed by atoms with Gasteiger partial charge >= 0.3 is 0 Å². The lowest BCUT2D eigenvalue weighted by Crippen LogP contribution is -2.11. The largest absolute Gasteiger partial charge is 0.329 e. The Bertz CT molecular complexity index is 472. The lowest BCUT2D eigenvalue weighted by Gasteiger charge is -1.97. The van der Waals surface area contributed by atoms with E-state index in [1.54, 1.807) is 18.6 Å². The highest BCUT2D eigenvalue weighted by Gasteiger charge is 1.99. The molecular weight excluding hydrogens is 171 g/mol.